The van der Waals surface area contributed by atoms with Crippen molar-refractivity contribution in [2.24, 2.45) is 11.8 Å². The van der Waals surface area contributed by atoms with E-state index < -0.39 is 0 Å². The van der Waals surface area contributed by atoms with E-state index in [1.165, 1.54) is 18.4 Å². The van der Waals surface area contributed by atoms with Crippen molar-refractivity contribution in [3.63, 3.8) is 0 Å². The summed E-state index contributed by atoms with van der Waals surface area (Å²) in [5.41, 5.74) is 1.39. The maximum Gasteiger partial charge on any atom is 0.101 e. The lowest BCUT2D eigenvalue weighted by molar-refractivity contribution is -0.0184. The highest BCUT2D eigenvalue weighted by molar-refractivity contribution is 5.11. The Morgan fingerprint density at radius 3 is 2.95 bits per heavy atom. The van der Waals surface area contributed by atoms with Crippen LogP contribution in [0.1, 0.15) is 39.5 Å². The number of methoxy groups -OCH3 is 1. The molecule has 0 bridgehead atoms. The van der Waals surface area contributed by atoms with Gasteiger partial charge in [0.25, 0.3) is 0 Å². The second-order valence-corrected chi connectivity index (χ2v) is 6.09. The Labute approximate surface area is 117 Å². The summed E-state index contributed by atoms with van der Waals surface area (Å²) in [6.07, 6.45) is 7.34. The van der Waals surface area contributed by atoms with Crippen LogP contribution < -0.4 is 0 Å². The Morgan fingerprint density at radius 1 is 1.37 bits per heavy atom. The molecule has 0 amide bonds. The topological polar surface area (TPSA) is 27.7 Å². The molecule has 19 heavy (non-hydrogen) atoms. The molecule has 110 valence electrons. The van der Waals surface area contributed by atoms with Gasteiger partial charge in [0.05, 0.1) is 19.3 Å². The molecule has 0 aromatic rings. The largest absolute Gasteiger partial charge is 0.378 e. The Kier molecular flexibility index (Phi) is 5.86. The van der Waals surface area contributed by atoms with Crippen molar-refractivity contribution in [2.45, 2.75) is 51.7 Å². The molecular formula is C16H28O3. The third kappa shape index (κ3) is 4.30. The van der Waals surface area contributed by atoms with Crippen LogP contribution in [0.25, 0.3) is 0 Å². The van der Waals surface area contributed by atoms with Crippen molar-refractivity contribution in [2.75, 3.05) is 26.9 Å². The summed E-state index contributed by atoms with van der Waals surface area (Å²) in [6.45, 7) is 7.09. The van der Waals surface area contributed by atoms with Crippen molar-refractivity contribution in [1.29, 1.82) is 0 Å². The van der Waals surface area contributed by atoms with Crippen molar-refractivity contribution in [1.82, 2.24) is 0 Å². The van der Waals surface area contributed by atoms with E-state index >= 15 is 0 Å². The van der Waals surface area contributed by atoms with Crippen LogP contribution in [0.15, 0.2) is 11.6 Å². The average Bonchev–Trinajstić information content (AvgIpc) is 2.45. The molecule has 3 atom stereocenters. The number of rotatable bonds is 4. The summed E-state index contributed by atoms with van der Waals surface area (Å²) in [4.78, 5) is 0. The van der Waals surface area contributed by atoms with Gasteiger partial charge in [-0.2, -0.15) is 0 Å². The zero-order valence-electron chi connectivity index (χ0n) is 12.6. The highest BCUT2D eigenvalue weighted by Crippen LogP contribution is 2.29. The fourth-order valence-corrected chi connectivity index (χ4v) is 3.06. The first-order valence-electron chi connectivity index (χ1n) is 7.61. The van der Waals surface area contributed by atoms with E-state index in [-0.39, 0.29) is 6.10 Å². The molecule has 2 saturated heterocycles. The van der Waals surface area contributed by atoms with Crippen LogP contribution >= 0.6 is 0 Å². The SMILES string of the molecule is CO[C@H]1COCC/C1=C\CC1C[C@H](C(C)C)CCO1. The smallest absolute Gasteiger partial charge is 0.101 e. The molecule has 0 aliphatic carbocycles. The average molecular weight is 268 g/mol. The summed E-state index contributed by atoms with van der Waals surface area (Å²) in [5.74, 6) is 1.60. The number of hydrogen-bond donors (Lipinski definition) is 0. The van der Waals surface area contributed by atoms with Crippen molar-refractivity contribution in [3.8, 4) is 0 Å². The molecular weight excluding hydrogens is 240 g/mol. The lowest BCUT2D eigenvalue weighted by Crippen LogP contribution is -2.29. The van der Waals surface area contributed by atoms with Crippen molar-refractivity contribution >= 4 is 0 Å². The summed E-state index contributed by atoms with van der Waals surface area (Å²) in [7, 11) is 1.76. The van der Waals surface area contributed by atoms with Crippen molar-refractivity contribution < 1.29 is 14.2 Å². The van der Waals surface area contributed by atoms with Crippen LogP contribution in [0, 0.1) is 11.8 Å². The number of ether oxygens (including phenoxy) is 3. The summed E-state index contributed by atoms with van der Waals surface area (Å²) >= 11 is 0. The normalized spacial score (nSPS) is 34.9. The molecule has 0 radical (unpaired) electrons. The van der Waals surface area contributed by atoms with Gasteiger partial charge in [0, 0.05) is 13.7 Å². The molecule has 0 aromatic carbocycles. The van der Waals surface area contributed by atoms with Gasteiger partial charge in [-0.1, -0.05) is 19.9 Å². The highest BCUT2D eigenvalue weighted by Gasteiger charge is 2.25. The predicted molar refractivity (Wildman–Crippen MR) is 76.2 cm³/mol. The molecule has 3 nitrogen and oxygen atoms in total. The summed E-state index contributed by atoms with van der Waals surface area (Å²) < 4.78 is 16.8. The molecule has 0 aromatic heterocycles. The van der Waals surface area contributed by atoms with Crippen LogP contribution in [0.3, 0.4) is 0 Å². The van der Waals surface area contributed by atoms with Gasteiger partial charge in [-0.15, -0.1) is 0 Å². The molecule has 0 N–H and O–H groups in total. The number of hydrogen-bond acceptors (Lipinski definition) is 3. The van der Waals surface area contributed by atoms with E-state index in [1.807, 2.05) is 0 Å². The van der Waals surface area contributed by atoms with Gasteiger partial charge >= 0.3 is 0 Å². The maximum absolute atomic E-state index is 5.90. The van der Waals surface area contributed by atoms with Gasteiger partial charge in [0.15, 0.2) is 0 Å². The monoisotopic (exact) mass is 268 g/mol. The van der Waals surface area contributed by atoms with E-state index in [9.17, 15) is 0 Å². The van der Waals surface area contributed by atoms with Gasteiger partial charge in [0.1, 0.15) is 6.10 Å². The van der Waals surface area contributed by atoms with Crippen LogP contribution in [0.4, 0.5) is 0 Å². The highest BCUT2D eigenvalue weighted by atomic mass is 16.5. The van der Waals surface area contributed by atoms with Crippen LogP contribution in [-0.2, 0) is 14.2 Å². The van der Waals surface area contributed by atoms with E-state index in [0.29, 0.717) is 12.7 Å². The van der Waals surface area contributed by atoms with Crippen molar-refractivity contribution in [3.05, 3.63) is 11.6 Å². The molecule has 3 heteroatoms. The quantitative estimate of drug-likeness (QED) is 0.733. The van der Waals surface area contributed by atoms with Gasteiger partial charge in [-0.3, -0.25) is 0 Å². The Balaban J connectivity index is 1.86. The molecule has 1 unspecified atom stereocenters. The molecule has 2 heterocycles. The minimum atomic E-state index is 0.151. The Bertz CT molecular complexity index is 298. The summed E-state index contributed by atoms with van der Waals surface area (Å²) in [5, 5.41) is 0. The zero-order valence-corrected chi connectivity index (χ0v) is 12.6. The molecule has 0 spiro atoms. The van der Waals surface area contributed by atoms with Gasteiger partial charge in [0.2, 0.25) is 0 Å². The molecule has 2 aliphatic rings. The van der Waals surface area contributed by atoms with Crippen LogP contribution in [0.2, 0.25) is 0 Å². The molecule has 0 saturated carbocycles. The molecule has 2 rings (SSSR count). The first kappa shape index (κ1) is 15.0. The maximum atomic E-state index is 5.90. The standard InChI is InChI=1S/C16H28O3/c1-12(2)14-7-9-19-15(10-14)5-4-13-6-8-18-11-16(13)17-3/h4,12,14-16H,5-11H2,1-3H3/b13-4+/t14-,15?,16+/m1/s1. The second kappa shape index (κ2) is 7.41. The fraction of sp³-hybridized carbons (Fsp3) is 0.875. The van der Waals surface area contributed by atoms with Gasteiger partial charge in [-0.25, -0.2) is 0 Å². The Morgan fingerprint density at radius 2 is 2.21 bits per heavy atom. The third-order valence-corrected chi connectivity index (χ3v) is 4.50. The Hall–Kier alpha value is -0.380. The predicted octanol–water partition coefficient (Wildman–Crippen LogP) is 3.19. The van der Waals surface area contributed by atoms with E-state index in [1.54, 1.807) is 7.11 Å². The fourth-order valence-electron chi connectivity index (χ4n) is 3.06. The minimum absolute atomic E-state index is 0.151. The van der Waals surface area contributed by atoms with Gasteiger partial charge in [-0.05, 0) is 43.1 Å². The van der Waals surface area contributed by atoms with Crippen LogP contribution in [0.5, 0.6) is 0 Å². The van der Waals surface area contributed by atoms with E-state index in [0.717, 1.165) is 37.9 Å². The first-order valence-corrected chi connectivity index (χ1v) is 7.61. The minimum Gasteiger partial charge on any atom is -0.378 e. The van der Waals surface area contributed by atoms with Crippen LogP contribution in [-0.4, -0.2) is 39.1 Å². The third-order valence-electron chi connectivity index (χ3n) is 4.50. The second-order valence-electron chi connectivity index (χ2n) is 6.09. The summed E-state index contributed by atoms with van der Waals surface area (Å²) in [6, 6.07) is 0. The van der Waals surface area contributed by atoms with Gasteiger partial charge < -0.3 is 14.2 Å². The zero-order chi connectivity index (χ0) is 13.7. The van der Waals surface area contributed by atoms with E-state index in [2.05, 4.69) is 19.9 Å². The first-order chi connectivity index (χ1) is 9.20. The molecule has 2 aliphatic heterocycles. The lowest BCUT2D eigenvalue weighted by Gasteiger charge is -2.32. The molecule has 2 fully saturated rings. The van der Waals surface area contributed by atoms with E-state index in [4.69, 9.17) is 14.2 Å². The lowest BCUT2D eigenvalue weighted by atomic mass is 9.85.